The van der Waals surface area contributed by atoms with Gasteiger partial charge in [0, 0.05) is 17.5 Å². The summed E-state index contributed by atoms with van der Waals surface area (Å²) >= 11 is 0. The second-order valence-electron chi connectivity index (χ2n) is 8.03. The van der Waals surface area contributed by atoms with Crippen molar-refractivity contribution < 1.29 is 9.53 Å². The molecule has 3 aromatic rings. The number of nitrogens with zero attached hydrogens (tertiary/aromatic N) is 1. The monoisotopic (exact) mass is 372 g/mol. The van der Waals surface area contributed by atoms with Crippen molar-refractivity contribution in [2.75, 3.05) is 12.4 Å². The Kier molecular flexibility index (Phi) is 4.27. The van der Waals surface area contributed by atoms with Crippen LogP contribution in [0.25, 0.3) is 10.9 Å². The molecule has 0 aliphatic heterocycles. The molecule has 28 heavy (non-hydrogen) atoms. The SMILES string of the molecule is COc1ccc(C2C3CCC(C3)C2C(=O)Nc2cccc3cccnc23)cc1. The maximum Gasteiger partial charge on any atom is 0.228 e. The smallest absolute Gasteiger partial charge is 0.228 e. The van der Waals surface area contributed by atoms with E-state index in [9.17, 15) is 4.79 Å². The normalized spacial score (nSPS) is 25.8. The first-order chi connectivity index (χ1) is 13.7. The molecule has 0 saturated heterocycles. The van der Waals surface area contributed by atoms with Crippen molar-refractivity contribution in [1.82, 2.24) is 4.98 Å². The van der Waals surface area contributed by atoms with E-state index < -0.39 is 0 Å². The molecule has 2 aliphatic rings. The average Bonchev–Trinajstić information content (AvgIpc) is 3.36. The van der Waals surface area contributed by atoms with Crippen molar-refractivity contribution in [1.29, 1.82) is 0 Å². The number of pyridine rings is 1. The van der Waals surface area contributed by atoms with Gasteiger partial charge in [0.15, 0.2) is 0 Å². The van der Waals surface area contributed by atoms with Gasteiger partial charge < -0.3 is 10.1 Å². The highest BCUT2D eigenvalue weighted by atomic mass is 16.5. The van der Waals surface area contributed by atoms with Gasteiger partial charge in [-0.25, -0.2) is 0 Å². The Morgan fingerprint density at radius 2 is 1.82 bits per heavy atom. The standard InChI is InChI=1S/C24H24N2O2/c1-28-19-11-9-15(10-12-19)21-17-7-8-18(14-17)22(21)24(27)26-20-6-2-4-16-5-3-13-25-23(16)20/h2-6,9-13,17-18,21-22H,7-8,14H2,1H3,(H,26,27). The molecule has 2 aromatic carbocycles. The molecule has 1 aromatic heterocycles. The summed E-state index contributed by atoms with van der Waals surface area (Å²) in [5.41, 5.74) is 2.91. The van der Waals surface area contributed by atoms with Crippen LogP contribution in [0.15, 0.2) is 60.8 Å². The van der Waals surface area contributed by atoms with Crippen LogP contribution in [0.1, 0.15) is 30.7 Å². The van der Waals surface area contributed by atoms with E-state index in [0.717, 1.165) is 35.2 Å². The number of methoxy groups -OCH3 is 1. The number of amides is 1. The van der Waals surface area contributed by atoms with Gasteiger partial charge in [0.25, 0.3) is 0 Å². The zero-order chi connectivity index (χ0) is 19.1. The summed E-state index contributed by atoms with van der Waals surface area (Å²) in [5, 5.41) is 4.25. The molecule has 2 fully saturated rings. The van der Waals surface area contributed by atoms with E-state index in [1.54, 1.807) is 13.3 Å². The molecule has 1 heterocycles. The lowest BCUT2D eigenvalue weighted by molar-refractivity contribution is -0.121. The van der Waals surface area contributed by atoms with Gasteiger partial charge in [0.05, 0.1) is 18.3 Å². The lowest BCUT2D eigenvalue weighted by atomic mass is 9.75. The third-order valence-corrected chi connectivity index (χ3v) is 6.61. The van der Waals surface area contributed by atoms with Crippen LogP contribution in [0, 0.1) is 17.8 Å². The van der Waals surface area contributed by atoms with Crippen LogP contribution >= 0.6 is 0 Å². The number of hydrogen-bond donors (Lipinski definition) is 1. The molecule has 4 unspecified atom stereocenters. The largest absolute Gasteiger partial charge is 0.497 e. The summed E-state index contributed by atoms with van der Waals surface area (Å²) in [6.07, 6.45) is 5.31. The molecule has 4 heteroatoms. The van der Waals surface area contributed by atoms with Crippen molar-refractivity contribution in [2.45, 2.75) is 25.2 Å². The van der Waals surface area contributed by atoms with Crippen LogP contribution in [-0.2, 0) is 4.79 Å². The summed E-state index contributed by atoms with van der Waals surface area (Å²) in [6.45, 7) is 0. The number of benzene rings is 2. The number of rotatable bonds is 4. The van der Waals surface area contributed by atoms with Gasteiger partial charge >= 0.3 is 0 Å². The van der Waals surface area contributed by atoms with Crippen LogP contribution in [0.3, 0.4) is 0 Å². The maximum absolute atomic E-state index is 13.4. The molecule has 2 saturated carbocycles. The number of hydrogen-bond acceptors (Lipinski definition) is 3. The van der Waals surface area contributed by atoms with Crippen molar-refractivity contribution >= 4 is 22.5 Å². The molecule has 2 bridgehead atoms. The highest BCUT2D eigenvalue weighted by Gasteiger charge is 2.51. The fourth-order valence-corrected chi connectivity index (χ4v) is 5.40. The highest BCUT2D eigenvalue weighted by Crippen LogP contribution is 2.57. The second kappa shape index (κ2) is 6.93. The molecule has 4 nitrogen and oxygen atoms in total. The minimum Gasteiger partial charge on any atom is -0.497 e. The Morgan fingerprint density at radius 3 is 2.64 bits per heavy atom. The van der Waals surface area contributed by atoms with E-state index in [1.807, 2.05) is 42.5 Å². The summed E-state index contributed by atoms with van der Waals surface area (Å²) in [7, 11) is 1.68. The Labute approximate surface area is 164 Å². The number of carbonyl (C=O) groups is 1. The van der Waals surface area contributed by atoms with Crippen LogP contribution in [0.5, 0.6) is 5.75 Å². The van der Waals surface area contributed by atoms with E-state index in [-0.39, 0.29) is 17.7 Å². The molecule has 5 rings (SSSR count). The molecule has 0 spiro atoms. The summed E-state index contributed by atoms with van der Waals surface area (Å²) < 4.78 is 5.30. The first kappa shape index (κ1) is 17.2. The molecule has 4 atom stereocenters. The minimum atomic E-state index is 0.0195. The second-order valence-corrected chi connectivity index (χ2v) is 8.03. The quantitative estimate of drug-likeness (QED) is 0.700. The van der Waals surface area contributed by atoms with E-state index in [4.69, 9.17) is 4.74 Å². The Bertz CT molecular complexity index is 1010. The predicted molar refractivity (Wildman–Crippen MR) is 110 cm³/mol. The van der Waals surface area contributed by atoms with Crippen molar-refractivity contribution in [3.63, 3.8) is 0 Å². The average molecular weight is 372 g/mol. The number of fused-ring (bicyclic) bond motifs is 3. The number of aromatic nitrogens is 1. The van der Waals surface area contributed by atoms with Crippen molar-refractivity contribution in [3.8, 4) is 5.75 Å². The summed E-state index contributed by atoms with van der Waals surface area (Å²) in [5.74, 6) is 2.36. The Balaban J connectivity index is 1.45. The van der Waals surface area contributed by atoms with E-state index in [2.05, 4.69) is 22.4 Å². The number of carbonyl (C=O) groups excluding carboxylic acids is 1. The van der Waals surface area contributed by atoms with Crippen LogP contribution < -0.4 is 10.1 Å². The molecule has 1 amide bonds. The summed E-state index contributed by atoms with van der Waals surface area (Å²) in [4.78, 5) is 17.9. The van der Waals surface area contributed by atoms with E-state index in [1.165, 1.54) is 12.0 Å². The van der Waals surface area contributed by atoms with Crippen molar-refractivity contribution in [3.05, 3.63) is 66.4 Å². The van der Waals surface area contributed by atoms with Crippen molar-refractivity contribution in [2.24, 2.45) is 17.8 Å². The molecule has 142 valence electrons. The van der Waals surface area contributed by atoms with Crippen LogP contribution in [0.2, 0.25) is 0 Å². The van der Waals surface area contributed by atoms with E-state index in [0.29, 0.717) is 11.8 Å². The topological polar surface area (TPSA) is 51.2 Å². The fraction of sp³-hybridized carbons (Fsp3) is 0.333. The van der Waals surface area contributed by atoms with Gasteiger partial charge in [-0.15, -0.1) is 0 Å². The molecule has 1 N–H and O–H groups in total. The Hall–Kier alpha value is -2.88. The number of nitrogens with one attached hydrogen (secondary N) is 1. The molecular weight excluding hydrogens is 348 g/mol. The van der Waals surface area contributed by atoms with Gasteiger partial charge in [-0.05, 0) is 66.8 Å². The minimum absolute atomic E-state index is 0.0195. The van der Waals surface area contributed by atoms with Crippen LogP contribution in [0.4, 0.5) is 5.69 Å². The van der Waals surface area contributed by atoms with E-state index >= 15 is 0 Å². The maximum atomic E-state index is 13.4. The van der Waals surface area contributed by atoms with Gasteiger partial charge in [0.1, 0.15) is 5.75 Å². The van der Waals surface area contributed by atoms with Gasteiger partial charge in [-0.3, -0.25) is 9.78 Å². The van der Waals surface area contributed by atoms with Crippen LogP contribution in [-0.4, -0.2) is 18.0 Å². The first-order valence-corrected chi connectivity index (χ1v) is 10.0. The zero-order valence-electron chi connectivity index (χ0n) is 16.0. The Morgan fingerprint density at radius 1 is 1.04 bits per heavy atom. The zero-order valence-corrected chi connectivity index (χ0v) is 16.0. The predicted octanol–water partition coefficient (Wildman–Crippen LogP) is 5.01. The lowest BCUT2D eigenvalue weighted by Gasteiger charge is -2.30. The summed E-state index contributed by atoms with van der Waals surface area (Å²) in [6, 6.07) is 18.2. The number of para-hydroxylation sites is 1. The van der Waals surface area contributed by atoms with Gasteiger partial charge in [-0.2, -0.15) is 0 Å². The number of anilines is 1. The van der Waals surface area contributed by atoms with Gasteiger partial charge in [0.2, 0.25) is 5.91 Å². The fourth-order valence-electron chi connectivity index (χ4n) is 5.40. The first-order valence-electron chi connectivity index (χ1n) is 10.0. The molecule has 2 aliphatic carbocycles. The molecule has 0 radical (unpaired) electrons. The van der Waals surface area contributed by atoms with Gasteiger partial charge in [-0.1, -0.05) is 30.3 Å². The highest BCUT2D eigenvalue weighted by molar-refractivity contribution is 6.01. The third-order valence-electron chi connectivity index (χ3n) is 6.61. The third kappa shape index (κ3) is 2.84. The number of ether oxygens (including phenoxy) is 1. The molecular formula is C24H24N2O2. The lowest BCUT2D eigenvalue weighted by Crippen LogP contribution is -2.32.